The Bertz CT molecular complexity index is 500. The molecule has 122 valence electrons. The number of benzene rings is 1. The molecular formula is C14H18FNO6. The number of carbonyl (C=O) groups is 2. The van der Waals surface area contributed by atoms with Crippen molar-refractivity contribution < 1.29 is 34.4 Å². The summed E-state index contributed by atoms with van der Waals surface area (Å²) >= 11 is 0. The summed E-state index contributed by atoms with van der Waals surface area (Å²) in [6.07, 6.45) is -2.21. The van der Waals surface area contributed by atoms with Gasteiger partial charge >= 0.3 is 11.9 Å². The zero-order valence-electron chi connectivity index (χ0n) is 11.6. The molecule has 1 aliphatic rings. The van der Waals surface area contributed by atoms with E-state index in [2.05, 4.69) is 5.32 Å². The molecule has 0 radical (unpaired) electrons. The van der Waals surface area contributed by atoms with E-state index in [0.29, 0.717) is 6.04 Å². The minimum Gasteiger partial charge on any atom is -0.479 e. The normalized spacial score (nSPS) is 19.7. The summed E-state index contributed by atoms with van der Waals surface area (Å²) in [6, 6.07) is 7.22. The molecule has 1 aromatic rings. The number of carboxylic acids is 2. The number of hydrogen-bond acceptors (Lipinski definition) is 5. The number of rotatable bonds is 4. The lowest BCUT2D eigenvalue weighted by Gasteiger charge is -2.09. The summed E-state index contributed by atoms with van der Waals surface area (Å²) in [5.74, 6) is -3.67. The van der Waals surface area contributed by atoms with E-state index in [9.17, 15) is 14.0 Å². The van der Waals surface area contributed by atoms with E-state index in [1.807, 2.05) is 6.07 Å². The number of nitrogens with one attached hydrogen (secondary N) is 1. The van der Waals surface area contributed by atoms with Crippen LogP contribution >= 0.6 is 0 Å². The van der Waals surface area contributed by atoms with E-state index in [0.717, 1.165) is 18.5 Å². The van der Waals surface area contributed by atoms with Crippen LogP contribution in [0.25, 0.3) is 0 Å². The third-order valence-electron chi connectivity index (χ3n) is 3.12. The van der Waals surface area contributed by atoms with Gasteiger partial charge in [-0.1, -0.05) is 12.1 Å². The fraction of sp³-hybridized carbons (Fsp3) is 0.429. The van der Waals surface area contributed by atoms with Gasteiger partial charge in [-0.15, -0.1) is 0 Å². The number of aliphatic hydroxyl groups is 2. The second-order valence-corrected chi connectivity index (χ2v) is 4.77. The molecule has 1 fully saturated rings. The van der Waals surface area contributed by atoms with Crippen LogP contribution in [0.1, 0.15) is 24.4 Å². The smallest absolute Gasteiger partial charge is 0.335 e. The molecule has 0 spiro atoms. The van der Waals surface area contributed by atoms with Crippen molar-refractivity contribution in [3.8, 4) is 0 Å². The molecule has 1 aromatic carbocycles. The minimum atomic E-state index is -2.27. The average molecular weight is 315 g/mol. The van der Waals surface area contributed by atoms with Gasteiger partial charge in [0.1, 0.15) is 5.82 Å². The van der Waals surface area contributed by atoms with E-state index in [4.69, 9.17) is 20.4 Å². The van der Waals surface area contributed by atoms with Gasteiger partial charge in [-0.25, -0.2) is 14.0 Å². The summed E-state index contributed by atoms with van der Waals surface area (Å²) in [7, 11) is 0. The fourth-order valence-corrected chi connectivity index (χ4v) is 1.96. The highest BCUT2D eigenvalue weighted by Crippen LogP contribution is 2.22. The van der Waals surface area contributed by atoms with Crippen molar-refractivity contribution in [3.05, 3.63) is 35.6 Å². The zero-order chi connectivity index (χ0) is 16.7. The van der Waals surface area contributed by atoms with E-state index in [1.165, 1.54) is 12.5 Å². The molecule has 1 saturated heterocycles. The SMILES string of the molecule is Fc1cccc([C@H]2CCCN2)c1.O=C(O)[C@H](O)[C@@H](O)C(=O)O. The van der Waals surface area contributed by atoms with Gasteiger partial charge in [-0.05, 0) is 37.1 Å². The molecule has 0 aromatic heterocycles. The van der Waals surface area contributed by atoms with Crippen LogP contribution in [0.15, 0.2) is 24.3 Å². The Kier molecular flexibility index (Phi) is 6.90. The Morgan fingerprint density at radius 1 is 1.18 bits per heavy atom. The predicted molar refractivity (Wildman–Crippen MR) is 73.7 cm³/mol. The molecule has 0 amide bonds. The van der Waals surface area contributed by atoms with Crippen LogP contribution in [0, 0.1) is 5.82 Å². The number of carboxylic acid groups (broad SMARTS) is 2. The Morgan fingerprint density at radius 2 is 1.77 bits per heavy atom. The lowest BCUT2D eigenvalue weighted by atomic mass is 10.1. The van der Waals surface area contributed by atoms with Crippen molar-refractivity contribution in [3.63, 3.8) is 0 Å². The summed E-state index contributed by atoms with van der Waals surface area (Å²) in [5, 5.41) is 35.9. The third-order valence-corrected chi connectivity index (χ3v) is 3.12. The first-order valence-corrected chi connectivity index (χ1v) is 6.63. The van der Waals surface area contributed by atoms with Gasteiger partial charge in [-0.3, -0.25) is 0 Å². The first kappa shape index (κ1) is 18.0. The van der Waals surface area contributed by atoms with Crippen LogP contribution in [0.4, 0.5) is 4.39 Å². The Balaban J connectivity index is 0.000000225. The maximum atomic E-state index is 12.8. The quantitative estimate of drug-likeness (QED) is 0.534. The van der Waals surface area contributed by atoms with Gasteiger partial charge < -0.3 is 25.7 Å². The van der Waals surface area contributed by atoms with E-state index < -0.39 is 24.1 Å². The van der Waals surface area contributed by atoms with Crippen LogP contribution in [-0.2, 0) is 9.59 Å². The highest BCUT2D eigenvalue weighted by molar-refractivity contribution is 5.83. The molecule has 0 bridgehead atoms. The third kappa shape index (κ3) is 5.40. The fourth-order valence-electron chi connectivity index (χ4n) is 1.96. The molecular weight excluding hydrogens is 297 g/mol. The van der Waals surface area contributed by atoms with Crippen LogP contribution in [-0.4, -0.2) is 51.1 Å². The van der Waals surface area contributed by atoms with Crippen molar-refractivity contribution in [1.82, 2.24) is 5.32 Å². The standard InChI is InChI=1S/C10H12FN.C4H6O6/c11-9-4-1-3-8(7-9)10-5-2-6-12-10;5-1(3(7)8)2(6)4(9)10/h1,3-4,7,10,12H,2,5-6H2;1-2,5-6H,(H,7,8)(H,9,10)/t10-;1-,2-/m11/s1. The van der Waals surface area contributed by atoms with Crippen LogP contribution < -0.4 is 5.32 Å². The molecule has 5 N–H and O–H groups in total. The van der Waals surface area contributed by atoms with E-state index in [1.54, 1.807) is 12.1 Å². The number of aliphatic hydroxyl groups excluding tert-OH is 2. The van der Waals surface area contributed by atoms with E-state index in [-0.39, 0.29) is 5.82 Å². The molecule has 2 rings (SSSR count). The van der Waals surface area contributed by atoms with Gasteiger partial charge in [0.05, 0.1) is 0 Å². The lowest BCUT2D eigenvalue weighted by molar-refractivity contribution is -0.165. The second-order valence-electron chi connectivity index (χ2n) is 4.77. The molecule has 3 atom stereocenters. The van der Waals surface area contributed by atoms with Crippen LogP contribution in [0.2, 0.25) is 0 Å². The minimum absolute atomic E-state index is 0.138. The number of hydrogen-bond donors (Lipinski definition) is 5. The zero-order valence-corrected chi connectivity index (χ0v) is 11.6. The summed E-state index contributed by atoms with van der Waals surface area (Å²) in [5.41, 5.74) is 1.08. The molecule has 0 saturated carbocycles. The molecule has 0 unspecified atom stereocenters. The maximum absolute atomic E-state index is 12.8. The largest absolute Gasteiger partial charge is 0.479 e. The average Bonchev–Trinajstić information content (AvgIpc) is 3.00. The van der Waals surface area contributed by atoms with Gasteiger partial charge in [0.15, 0.2) is 12.2 Å². The lowest BCUT2D eigenvalue weighted by Crippen LogP contribution is -2.39. The van der Waals surface area contributed by atoms with Crippen molar-refractivity contribution in [2.75, 3.05) is 6.54 Å². The topological polar surface area (TPSA) is 127 Å². The number of halogens is 1. The van der Waals surface area contributed by atoms with Crippen molar-refractivity contribution in [1.29, 1.82) is 0 Å². The molecule has 7 nitrogen and oxygen atoms in total. The Morgan fingerprint density at radius 3 is 2.18 bits per heavy atom. The summed E-state index contributed by atoms with van der Waals surface area (Å²) < 4.78 is 12.8. The van der Waals surface area contributed by atoms with Gasteiger partial charge in [-0.2, -0.15) is 0 Å². The maximum Gasteiger partial charge on any atom is 0.335 e. The first-order valence-electron chi connectivity index (χ1n) is 6.63. The molecule has 22 heavy (non-hydrogen) atoms. The number of aliphatic carboxylic acids is 2. The van der Waals surface area contributed by atoms with Crippen molar-refractivity contribution in [2.45, 2.75) is 31.1 Å². The van der Waals surface area contributed by atoms with Gasteiger partial charge in [0, 0.05) is 6.04 Å². The summed E-state index contributed by atoms with van der Waals surface area (Å²) in [4.78, 5) is 19.5. The molecule has 1 heterocycles. The first-order chi connectivity index (χ1) is 10.3. The second kappa shape index (κ2) is 8.42. The van der Waals surface area contributed by atoms with Gasteiger partial charge in [0.25, 0.3) is 0 Å². The highest BCUT2D eigenvalue weighted by Gasteiger charge is 2.29. The summed E-state index contributed by atoms with van der Waals surface area (Å²) in [6.45, 7) is 1.06. The van der Waals surface area contributed by atoms with Crippen molar-refractivity contribution >= 4 is 11.9 Å². The van der Waals surface area contributed by atoms with E-state index >= 15 is 0 Å². The Labute approximate surface area is 126 Å². The van der Waals surface area contributed by atoms with Crippen LogP contribution in [0.5, 0.6) is 0 Å². The van der Waals surface area contributed by atoms with Crippen molar-refractivity contribution in [2.24, 2.45) is 0 Å². The molecule has 8 heteroatoms. The van der Waals surface area contributed by atoms with Crippen LogP contribution in [0.3, 0.4) is 0 Å². The predicted octanol–water partition coefficient (Wildman–Crippen LogP) is 0.128. The van der Waals surface area contributed by atoms with Gasteiger partial charge in [0.2, 0.25) is 0 Å². The highest BCUT2D eigenvalue weighted by atomic mass is 19.1. The molecule has 1 aliphatic heterocycles. The Hall–Kier alpha value is -2.03. The monoisotopic (exact) mass is 315 g/mol. The molecule has 0 aliphatic carbocycles.